The molecule has 0 radical (unpaired) electrons. The van der Waals surface area contributed by atoms with Gasteiger partial charge in [0.15, 0.2) is 5.75 Å². The minimum absolute atomic E-state index is 0.174. The summed E-state index contributed by atoms with van der Waals surface area (Å²) in [6.45, 7) is 2.00. The average Bonchev–Trinajstić information content (AvgIpc) is 2.67. The Labute approximate surface area is 156 Å². The average molecular weight is 365 g/mol. The molecule has 2 aromatic rings. The molecule has 7 nitrogen and oxygen atoms in total. The summed E-state index contributed by atoms with van der Waals surface area (Å²) >= 11 is 0. The molecular formula is C20H19N3O4. The molecule has 0 spiro atoms. The lowest BCUT2D eigenvalue weighted by molar-refractivity contribution is -0.385. The van der Waals surface area contributed by atoms with Crippen LogP contribution in [0.4, 0.5) is 5.69 Å². The third-order valence-corrected chi connectivity index (χ3v) is 3.96. The number of nitro benzene ring substituents is 1. The molecule has 0 aliphatic rings. The Bertz CT molecular complexity index is 901. The number of hydrogen-bond acceptors (Lipinski definition) is 5. The number of nitriles is 1. The van der Waals surface area contributed by atoms with Crippen LogP contribution in [0.1, 0.15) is 36.9 Å². The zero-order valence-electron chi connectivity index (χ0n) is 14.8. The van der Waals surface area contributed by atoms with Crippen molar-refractivity contribution < 1.29 is 14.8 Å². The molecular weight excluding hydrogens is 346 g/mol. The molecule has 0 unspecified atom stereocenters. The summed E-state index contributed by atoms with van der Waals surface area (Å²) in [7, 11) is 0. The van der Waals surface area contributed by atoms with E-state index in [-0.39, 0.29) is 17.2 Å². The second-order valence-electron chi connectivity index (χ2n) is 5.90. The van der Waals surface area contributed by atoms with E-state index in [4.69, 9.17) is 0 Å². The first-order valence-electron chi connectivity index (χ1n) is 8.41. The molecule has 2 rings (SSSR count). The smallest absolute Gasteiger partial charge is 0.311 e. The summed E-state index contributed by atoms with van der Waals surface area (Å²) in [6.07, 6.45) is 2.81. The van der Waals surface area contributed by atoms with E-state index in [0.29, 0.717) is 6.42 Å². The van der Waals surface area contributed by atoms with Crippen LogP contribution in [0, 0.1) is 21.4 Å². The van der Waals surface area contributed by atoms with E-state index in [9.17, 15) is 25.3 Å². The van der Waals surface area contributed by atoms with Crippen molar-refractivity contribution in [1.82, 2.24) is 5.32 Å². The van der Waals surface area contributed by atoms with Crippen molar-refractivity contribution in [3.05, 3.63) is 75.3 Å². The van der Waals surface area contributed by atoms with E-state index in [1.54, 1.807) is 0 Å². The topological polar surface area (TPSA) is 116 Å². The van der Waals surface area contributed by atoms with Crippen molar-refractivity contribution in [3.63, 3.8) is 0 Å². The fourth-order valence-corrected chi connectivity index (χ4v) is 2.62. The Hall–Kier alpha value is -3.66. The second kappa shape index (κ2) is 9.15. The summed E-state index contributed by atoms with van der Waals surface area (Å²) < 4.78 is 0. The monoisotopic (exact) mass is 365 g/mol. The molecule has 0 fully saturated rings. The number of nitrogens with zero attached hydrogens (tertiary/aromatic N) is 2. The molecule has 2 N–H and O–H groups in total. The number of carbonyl (C=O) groups excluding carboxylic acids is 1. The molecule has 27 heavy (non-hydrogen) atoms. The third-order valence-electron chi connectivity index (χ3n) is 3.96. The second-order valence-corrected chi connectivity index (χ2v) is 5.90. The Kier molecular flexibility index (Phi) is 6.67. The molecule has 0 saturated heterocycles. The van der Waals surface area contributed by atoms with E-state index >= 15 is 0 Å². The number of hydrogen-bond donors (Lipinski definition) is 2. The van der Waals surface area contributed by atoms with E-state index in [0.717, 1.165) is 24.1 Å². The summed E-state index contributed by atoms with van der Waals surface area (Å²) in [5.41, 5.74) is 0.546. The zero-order valence-corrected chi connectivity index (χ0v) is 14.8. The van der Waals surface area contributed by atoms with Gasteiger partial charge in [0.05, 0.1) is 11.0 Å². The van der Waals surface area contributed by atoms with Crippen molar-refractivity contribution in [3.8, 4) is 11.8 Å². The minimum Gasteiger partial charge on any atom is -0.502 e. The number of nitrogens with one attached hydrogen (secondary N) is 1. The van der Waals surface area contributed by atoms with Crippen LogP contribution in [-0.2, 0) is 4.79 Å². The number of nitro groups is 1. The molecule has 2 aromatic carbocycles. The number of benzene rings is 2. The maximum Gasteiger partial charge on any atom is 0.311 e. The van der Waals surface area contributed by atoms with Crippen molar-refractivity contribution in [1.29, 1.82) is 5.26 Å². The highest BCUT2D eigenvalue weighted by atomic mass is 16.6. The highest BCUT2D eigenvalue weighted by Crippen LogP contribution is 2.27. The highest BCUT2D eigenvalue weighted by molar-refractivity contribution is 6.02. The SMILES string of the molecule is CCC[C@H](NC(=O)/C(C#N)=C\c1ccc(O)c([N+](=O)[O-])c1)c1ccccc1. The summed E-state index contributed by atoms with van der Waals surface area (Å²) in [5, 5.41) is 32.6. The lowest BCUT2D eigenvalue weighted by Crippen LogP contribution is -2.29. The number of phenolic OH excluding ortho intramolecular Hbond substituents is 1. The normalized spacial score (nSPS) is 12.1. The van der Waals surface area contributed by atoms with E-state index in [1.165, 1.54) is 12.1 Å². The number of aromatic hydroxyl groups is 1. The van der Waals surface area contributed by atoms with Crippen LogP contribution in [0.5, 0.6) is 5.75 Å². The third kappa shape index (κ3) is 5.16. The van der Waals surface area contributed by atoms with Gasteiger partial charge in [-0.3, -0.25) is 14.9 Å². The highest BCUT2D eigenvalue weighted by Gasteiger charge is 2.18. The Morgan fingerprint density at radius 3 is 2.63 bits per heavy atom. The summed E-state index contributed by atoms with van der Waals surface area (Å²) in [5.74, 6) is -1.04. The van der Waals surface area contributed by atoms with Crippen LogP contribution in [0.3, 0.4) is 0 Å². The van der Waals surface area contributed by atoms with Crippen LogP contribution in [-0.4, -0.2) is 15.9 Å². The molecule has 0 bridgehead atoms. The van der Waals surface area contributed by atoms with Crippen LogP contribution in [0.25, 0.3) is 6.08 Å². The lowest BCUT2D eigenvalue weighted by Gasteiger charge is -2.18. The number of rotatable bonds is 7. The van der Waals surface area contributed by atoms with Gasteiger partial charge >= 0.3 is 5.69 Å². The van der Waals surface area contributed by atoms with Crippen molar-refractivity contribution in [2.75, 3.05) is 0 Å². The molecule has 7 heteroatoms. The molecule has 1 amide bonds. The first-order valence-corrected chi connectivity index (χ1v) is 8.41. The quantitative estimate of drug-likeness (QED) is 0.334. The first kappa shape index (κ1) is 19.7. The van der Waals surface area contributed by atoms with Gasteiger partial charge in [-0.25, -0.2) is 0 Å². The number of amides is 1. The summed E-state index contributed by atoms with van der Waals surface area (Å²) in [6, 6.07) is 14.7. The predicted molar refractivity (Wildman–Crippen MR) is 101 cm³/mol. The van der Waals surface area contributed by atoms with Crippen LogP contribution in [0.15, 0.2) is 54.1 Å². The maximum absolute atomic E-state index is 12.5. The molecule has 138 valence electrons. The fraction of sp³-hybridized carbons (Fsp3) is 0.200. The molecule has 0 heterocycles. The van der Waals surface area contributed by atoms with Gasteiger partial charge in [0.1, 0.15) is 11.6 Å². The summed E-state index contributed by atoms with van der Waals surface area (Å²) in [4.78, 5) is 22.7. The fourth-order valence-electron chi connectivity index (χ4n) is 2.62. The van der Waals surface area contributed by atoms with E-state index in [1.807, 2.05) is 43.3 Å². The lowest BCUT2D eigenvalue weighted by atomic mass is 10.0. The molecule has 0 saturated carbocycles. The van der Waals surface area contributed by atoms with Gasteiger partial charge in [0, 0.05) is 6.07 Å². The van der Waals surface area contributed by atoms with Gasteiger partial charge < -0.3 is 10.4 Å². The van der Waals surface area contributed by atoms with E-state index < -0.39 is 22.3 Å². The van der Waals surface area contributed by atoms with Gasteiger partial charge in [-0.15, -0.1) is 0 Å². The Morgan fingerprint density at radius 1 is 1.33 bits per heavy atom. The number of phenols is 1. The van der Waals surface area contributed by atoms with Gasteiger partial charge in [-0.05, 0) is 29.7 Å². The van der Waals surface area contributed by atoms with E-state index in [2.05, 4.69) is 5.32 Å². The maximum atomic E-state index is 12.5. The van der Waals surface area contributed by atoms with Crippen LogP contribution < -0.4 is 5.32 Å². The van der Waals surface area contributed by atoms with Crippen molar-refractivity contribution >= 4 is 17.7 Å². The molecule has 0 aromatic heterocycles. The number of carbonyl (C=O) groups is 1. The van der Waals surface area contributed by atoms with Crippen LogP contribution in [0.2, 0.25) is 0 Å². The Morgan fingerprint density at radius 2 is 2.04 bits per heavy atom. The van der Waals surface area contributed by atoms with Gasteiger partial charge in [-0.2, -0.15) is 5.26 Å². The van der Waals surface area contributed by atoms with Gasteiger partial charge in [0.25, 0.3) is 5.91 Å². The molecule has 1 atom stereocenters. The van der Waals surface area contributed by atoms with Crippen molar-refractivity contribution in [2.24, 2.45) is 0 Å². The van der Waals surface area contributed by atoms with Crippen molar-refractivity contribution in [2.45, 2.75) is 25.8 Å². The van der Waals surface area contributed by atoms with Crippen LogP contribution >= 0.6 is 0 Å². The minimum atomic E-state index is -0.731. The Balaban J connectivity index is 2.27. The van der Waals surface area contributed by atoms with Gasteiger partial charge in [-0.1, -0.05) is 49.7 Å². The predicted octanol–water partition coefficient (Wildman–Crippen LogP) is 3.86. The molecule has 0 aliphatic carbocycles. The standard InChI is InChI=1S/C20H19N3O4/c1-2-6-17(15-7-4-3-5-8-15)22-20(25)16(13-21)11-14-9-10-19(24)18(12-14)23(26)27/h3-5,7-12,17,24H,2,6H2,1H3,(H,22,25)/b16-11-/t17-/m0/s1. The van der Waals surface area contributed by atoms with Gasteiger partial charge in [0.2, 0.25) is 0 Å². The zero-order chi connectivity index (χ0) is 19.8. The molecule has 0 aliphatic heterocycles. The first-order chi connectivity index (χ1) is 13.0. The largest absolute Gasteiger partial charge is 0.502 e.